The van der Waals surface area contributed by atoms with E-state index in [4.69, 9.17) is 4.74 Å². The predicted octanol–water partition coefficient (Wildman–Crippen LogP) is 2.34. The summed E-state index contributed by atoms with van der Waals surface area (Å²) in [5.74, 6) is -0.316. The van der Waals surface area contributed by atoms with Gasteiger partial charge in [-0.05, 0) is 30.1 Å². The van der Waals surface area contributed by atoms with Crippen molar-refractivity contribution in [1.29, 1.82) is 0 Å². The first-order valence-electron chi connectivity index (χ1n) is 6.46. The van der Waals surface area contributed by atoms with Gasteiger partial charge < -0.3 is 4.74 Å². The van der Waals surface area contributed by atoms with Gasteiger partial charge in [-0.15, -0.1) is 0 Å². The lowest BCUT2D eigenvalue weighted by Gasteiger charge is -2.33. The lowest BCUT2D eigenvalue weighted by Crippen LogP contribution is -2.45. The fourth-order valence-corrected chi connectivity index (χ4v) is 2.80. The molecule has 0 aliphatic heterocycles. The first-order valence-corrected chi connectivity index (χ1v) is 7.03. The summed E-state index contributed by atoms with van der Waals surface area (Å²) in [7, 11) is 3.74. The van der Waals surface area contributed by atoms with E-state index in [2.05, 4.69) is 14.5 Å². The zero-order valence-electron chi connectivity index (χ0n) is 12.4. The molecule has 0 aromatic heterocycles. The van der Waals surface area contributed by atoms with Crippen LogP contribution in [0, 0.1) is 5.41 Å². The molecule has 110 valence electrons. The Hall–Kier alpha value is -1.25. The number of esters is 1. The van der Waals surface area contributed by atoms with Crippen LogP contribution in [-0.4, -0.2) is 25.4 Å². The molecule has 1 aliphatic carbocycles. The van der Waals surface area contributed by atoms with Gasteiger partial charge in [-0.2, -0.15) is 0 Å². The molecule has 2 unspecified atom stereocenters. The Balaban J connectivity index is 3.11. The van der Waals surface area contributed by atoms with Gasteiger partial charge in [0.25, 0.3) is 0 Å². The van der Waals surface area contributed by atoms with Crippen LogP contribution in [0.15, 0.2) is 34.9 Å². The van der Waals surface area contributed by atoms with Gasteiger partial charge in [0.15, 0.2) is 0 Å². The molecule has 1 N–H and O–H groups in total. The van der Waals surface area contributed by atoms with Crippen molar-refractivity contribution in [1.82, 2.24) is 5.09 Å². The van der Waals surface area contributed by atoms with Crippen molar-refractivity contribution in [3.63, 3.8) is 0 Å². The van der Waals surface area contributed by atoms with Gasteiger partial charge in [0.05, 0.1) is 7.11 Å². The Morgan fingerprint density at radius 2 is 2.15 bits per heavy atom. The zero-order valence-corrected chi connectivity index (χ0v) is 13.6. The second kappa shape index (κ2) is 6.96. The van der Waals surface area contributed by atoms with E-state index in [0.29, 0.717) is 6.42 Å². The average molecular weight is 295 g/mol. The molecule has 5 heteroatoms. The van der Waals surface area contributed by atoms with Crippen LogP contribution in [0.25, 0.3) is 0 Å². The molecule has 20 heavy (non-hydrogen) atoms. The van der Waals surface area contributed by atoms with E-state index in [-0.39, 0.29) is 5.97 Å². The molecule has 0 saturated carbocycles. The van der Waals surface area contributed by atoms with Crippen LogP contribution in [0.3, 0.4) is 0 Å². The minimum atomic E-state index is -0.480. The van der Waals surface area contributed by atoms with Crippen LogP contribution >= 0.6 is 9.39 Å². The van der Waals surface area contributed by atoms with E-state index < -0.39 is 11.5 Å². The van der Waals surface area contributed by atoms with Crippen molar-refractivity contribution in [3.05, 3.63) is 34.9 Å². The molecule has 0 heterocycles. The van der Waals surface area contributed by atoms with Crippen LogP contribution in [0.1, 0.15) is 27.2 Å². The van der Waals surface area contributed by atoms with E-state index >= 15 is 0 Å². The van der Waals surface area contributed by atoms with Gasteiger partial charge in [-0.1, -0.05) is 41.5 Å². The van der Waals surface area contributed by atoms with E-state index in [1.807, 2.05) is 39.0 Å². The summed E-state index contributed by atoms with van der Waals surface area (Å²) in [6, 6.07) is -0.480. The van der Waals surface area contributed by atoms with Crippen LogP contribution in [0.4, 0.5) is 0 Å². The Morgan fingerprint density at radius 3 is 2.65 bits per heavy atom. The van der Waals surface area contributed by atoms with Crippen LogP contribution in [0.2, 0.25) is 0 Å². The number of aldehydes is 1. The molecule has 0 aromatic rings. The standard InChI is InChI=1S/C15H22NO3P/c1-10-5-7-12(8-6-11(10)9-17)15(2,3)13(16-20)14(18)19-4/h5,7-9,13,16H,6,20H2,1-4H3. The average Bonchev–Trinajstić information content (AvgIpc) is 2.60. The molecule has 1 aliphatic rings. The number of hydrogen-bond acceptors (Lipinski definition) is 4. The summed E-state index contributed by atoms with van der Waals surface area (Å²) in [6.45, 7) is 5.86. The molecule has 0 amide bonds. The number of nitrogens with one attached hydrogen (secondary N) is 1. The summed E-state index contributed by atoms with van der Waals surface area (Å²) in [5.41, 5.74) is 2.26. The van der Waals surface area contributed by atoms with Gasteiger partial charge >= 0.3 is 5.97 Å². The number of ether oxygens (including phenoxy) is 1. The lowest BCUT2D eigenvalue weighted by atomic mass is 9.77. The largest absolute Gasteiger partial charge is 0.468 e. The smallest absolute Gasteiger partial charge is 0.324 e. The number of hydrogen-bond donors (Lipinski definition) is 1. The third-order valence-corrected chi connectivity index (χ3v) is 4.11. The number of rotatable bonds is 5. The summed E-state index contributed by atoms with van der Waals surface area (Å²) >= 11 is 0. The van der Waals surface area contributed by atoms with Gasteiger partial charge in [0.1, 0.15) is 12.3 Å². The van der Waals surface area contributed by atoms with E-state index in [9.17, 15) is 9.59 Å². The minimum Gasteiger partial charge on any atom is -0.468 e. The van der Waals surface area contributed by atoms with Gasteiger partial charge in [-0.3, -0.25) is 14.7 Å². The number of carbonyl (C=O) groups is 2. The molecule has 0 aromatic carbocycles. The second-order valence-electron chi connectivity index (χ2n) is 5.37. The van der Waals surface area contributed by atoms with Crippen molar-refractivity contribution in [2.24, 2.45) is 5.41 Å². The van der Waals surface area contributed by atoms with Crippen molar-refractivity contribution in [2.75, 3.05) is 7.11 Å². The highest BCUT2D eigenvalue weighted by atomic mass is 31.0. The fraction of sp³-hybridized carbons (Fsp3) is 0.467. The minimum absolute atomic E-state index is 0.316. The maximum Gasteiger partial charge on any atom is 0.324 e. The summed E-state index contributed by atoms with van der Waals surface area (Å²) in [4.78, 5) is 22.9. The Labute approximate surface area is 122 Å². The molecule has 0 fully saturated rings. The van der Waals surface area contributed by atoms with Crippen molar-refractivity contribution >= 4 is 21.6 Å². The molecule has 0 spiro atoms. The number of methoxy groups -OCH3 is 1. The van der Waals surface area contributed by atoms with Gasteiger partial charge in [0.2, 0.25) is 0 Å². The van der Waals surface area contributed by atoms with E-state index in [1.54, 1.807) is 0 Å². The first-order chi connectivity index (χ1) is 9.38. The molecule has 4 nitrogen and oxygen atoms in total. The maximum absolute atomic E-state index is 11.9. The predicted molar refractivity (Wildman–Crippen MR) is 83.0 cm³/mol. The monoisotopic (exact) mass is 295 g/mol. The third-order valence-electron chi connectivity index (χ3n) is 3.77. The van der Waals surface area contributed by atoms with E-state index in [1.165, 1.54) is 7.11 Å². The molecule has 2 atom stereocenters. The SMILES string of the molecule is COC(=O)C(NP)C(C)(C)C1=CCC(C=O)=C(C)C=C1. The van der Waals surface area contributed by atoms with Crippen LogP contribution < -0.4 is 5.09 Å². The quantitative estimate of drug-likeness (QED) is 0.480. The number of carbonyl (C=O) groups excluding carboxylic acids is 2. The highest BCUT2D eigenvalue weighted by Crippen LogP contribution is 2.35. The van der Waals surface area contributed by atoms with Crippen molar-refractivity contribution in [3.8, 4) is 0 Å². The summed E-state index contributed by atoms with van der Waals surface area (Å²) in [6.07, 6.45) is 7.34. The Kier molecular flexibility index (Phi) is 5.85. The van der Waals surface area contributed by atoms with E-state index in [0.717, 1.165) is 23.0 Å². The van der Waals surface area contributed by atoms with Crippen molar-refractivity contribution < 1.29 is 14.3 Å². The highest BCUT2D eigenvalue weighted by molar-refractivity contribution is 7.13. The van der Waals surface area contributed by atoms with Crippen LogP contribution in [0.5, 0.6) is 0 Å². The fourth-order valence-electron chi connectivity index (χ4n) is 2.25. The second-order valence-corrected chi connectivity index (χ2v) is 5.70. The Bertz CT molecular complexity index is 489. The normalized spacial score (nSPS) is 17.4. The van der Waals surface area contributed by atoms with Crippen LogP contribution in [-0.2, 0) is 14.3 Å². The molecular formula is C15H22NO3P. The number of allylic oxidation sites excluding steroid dienone is 5. The highest BCUT2D eigenvalue weighted by Gasteiger charge is 2.37. The Morgan fingerprint density at radius 1 is 1.50 bits per heavy atom. The molecule has 0 saturated heterocycles. The van der Waals surface area contributed by atoms with Gasteiger partial charge in [0, 0.05) is 5.41 Å². The van der Waals surface area contributed by atoms with Crippen molar-refractivity contribution in [2.45, 2.75) is 33.2 Å². The maximum atomic E-state index is 11.9. The lowest BCUT2D eigenvalue weighted by molar-refractivity contribution is -0.144. The molecular weight excluding hydrogens is 273 g/mol. The topological polar surface area (TPSA) is 55.4 Å². The zero-order chi connectivity index (χ0) is 15.3. The third kappa shape index (κ3) is 3.44. The van der Waals surface area contributed by atoms with Gasteiger partial charge in [-0.25, -0.2) is 0 Å². The summed E-state index contributed by atoms with van der Waals surface area (Å²) < 4.78 is 4.84. The molecule has 0 radical (unpaired) electrons. The molecule has 1 rings (SSSR count). The first kappa shape index (κ1) is 16.8. The molecule has 0 bridgehead atoms. The summed E-state index contributed by atoms with van der Waals surface area (Å²) in [5, 5.41) is 2.93.